The van der Waals surface area contributed by atoms with Gasteiger partial charge in [-0.05, 0) is 19.3 Å². The molecule has 0 saturated heterocycles. The Kier molecular flexibility index (Phi) is 33.2. The van der Waals surface area contributed by atoms with Crippen LogP contribution in [-0.4, -0.2) is 51.5 Å². The highest BCUT2D eigenvalue weighted by molar-refractivity contribution is 6.25. The van der Waals surface area contributed by atoms with Crippen molar-refractivity contribution >= 4 is 17.3 Å². The summed E-state index contributed by atoms with van der Waals surface area (Å²) in [7, 11) is 0. The van der Waals surface area contributed by atoms with Crippen LogP contribution in [-0.2, 0) is 14.4 Å². The maximum atomic E-state index is 14.0. The first kappa shape index (κ1) is 47.9. The second-order valence-electron chi connectivity index (χ2n) is 15.1. The molecule has 0 heterocycles. The Balaban J connectivity index is 5.20. The molecule has 0 aromatic heterocycles. The maximum Gasteiger partial charge on any atom is 0.184 e. The molecule has 0 radical (unpaired) electrons. The summed E-state index contributed by atoms with van der Waals surface area (Å²) in [6.45, 7) is 5.81. The molecule has 3 N–H and O–H groups in total. The third-order valence-corrected chi connectivity index (χ3v) is 10.6. The first-order valence-electron chi connectivity index (χ1n) is 21.4. The number of hydrogen-bond acceptors (Lipinski definition) is 6. The molecule has 0 bridgehead atoms. The Hall–Kier alpha value is -1.11. The minimum Gasteiger partial charge on any atom is -0.394 e. The van der Waals surface area contributed by atoms with Gasteiger partial charge in [-0.1, -0.05) is 201 Å². The third-order valence-electron chi connectivity index (χ3n) is 10.6. The van der Waals surface area contributed by atoms with E-state index in [0.29, 0.717) is 19.3 Å². The molecule has 290 valence electrons. The van der Waals surface area contributed by atoms with E-state index < -0.39 is 41.6 Å². The number of carbonyl (C=O) groups is 3. The fourth-order valence-electron chi connectivity index (χ4n) is 7.21. The quantitative estimate of drug-likeness (QED) is 0.0436. The first-order valence-corrected chi connectivity index (χ1v) is 21.4. The summed E-state index contributed by atoms with van der Waals surface area (Å²) in [4.78, 5) is 41.9. The van der Waals surface area contributed by atoms with E-state index in [-0.39, 0.29) is 19.3 Å². The van der Waals surface area contributed by atoms with E-state index >= 15 is 0 Å². The van der Waals surface area contributed by atoms with Crippen molar-refractivity contribution in [1.82, 2.24) is 0 Å². The van der Waals surface area contributed by atoms with Crippen molar-refractivity contribution in [3.05, 3.63) is 0 Å². The van der Waals surface area contributed by atoms with Gasteiger partial charge in [0.15, 0.2) is 17.3 Å². The Bertz CT molecular complexity index is 782. The second-order valence-corrected chi connectivity index (χ2v) is 15.1. The number of hydrogen-bond donors (Lipinski definition) is 3. The topological polar surface area (TPSA) is 112 Å². The number of unbranched alkanes of at least 4 members (excludes halogenated alkanes) is 27. The number of aliphatic hydroxyl groups excluding tert-OH is 3. The Labute approximate surface area is 303 Å². The number of Topliss-reactive ketones (excluding diaryl/α,β-unsaturated/α-hetero) is 3. The van der Waals surface area contributed by atoms with Crippen molar-refractivity contribution < 1.29 is 29.7 Å². The summed E-state index contributed by atoms with van der Waals surface area (Å²) in [5.41, 5.74) is -1.93. The summed E-state index contributed by atoms with van der Waals surface area (Å²) in [6.07, 6.45) is 30.3. The van der Waals surface area contributed by atoms with Crippen LogP contribution in [0.1, 0.15) is 233 Å². The average Bonchev–Trinajstić information content (AvgIpc) is 3.11. The maximum absolute atomic E-state index is 14.0. The van der Waals surface area contributed by atoms with Gasteiger partial charge < -0.3 is 15.3 Å². The van der Waals surface area contributed by atoms with Gasteiger partial charge in [0.2, 0.25) is 0 Å². The molecule has 6 nitrogen and oxygen atoms in total. The van der Waals surface area contributed by atoms with Crippen LogP contribution in [0.2, 0.25) is 0 Å². The Morgan fingerprint density at radius 2 is 0.694 bits per heavy atom. The summed E-state index contributed by atoms with van der Waals surface area (Å²) >= 11 is 0. The van der Waals surface area contributed by atoms with Crippen LogP contribution >= 0.6 is 0 Å². The van der Waals surface area contributed by atoms with Crippen LogP contribution in [0.15, 0.2) is 0 Å². The van der Waals surface area contributed by atoms with E-state index in [2.05, 4.69) is 20.8 Å². The zero-order valence-electron chi connectivity index (χ0n) is 32.8. The molecule has 0 fully saturated rings. The molecular formula is C43H82O6. The molecule has 0 aromatic carbocycles. The lowest BCUT2D eigenvalue weighted by atomic mass is 9.67. The second kappa shape index (κ2) is 34.0. The number of ketones is 3. The van der Waals surface area contributed by atoms with Crippen molar-refractivity contribution in [1.29, 1.82) is 0 Å². The molecular weight excluding hydrogens is 612 g/mol. The van der Waals surface area contributed by atoms with Gasteiger partial charge in [-0.25, -0.2) is 0 Å². The summed E-state index contributed by atoms with van der Waals surface area (Å²) < 4.78 is 0. The van der Waals surface area contributed by atoms with Crippen LogP contribution in [0.25, 0.3) is 0 Å². The van der Waals surface area contributed by atoms with Crippen LogP contribution < -0.4 is 0 Å². The van der Waals surface area contributed by atoms with Gasteiger partial charge in [0.25, 0.3) is 0 Å². The van der Waals surface area contributed by atoms with E-state index in [1.54, 1.807) is 0 Å². The van der Waals surface area contributed by atoms with Crippen molar-refractivity contribution in [2.45, 2.75) is 245 Å². The molecule has 0 rings (SSSR count). The monoisotopic (exact) mass is 695 g/mol. The van der Waals surface area contributed by atoms with Crippen molar-refractivity contribution in [2.75, 3.05) is 6.61 Å². The predicted octanol–water partition coefficient (Wildman–Crippen LogP) is 11.3. The van der Waals surface area contributed by atoms with E-state index in [0.717, 1.165) is 64.2 Å². The Morgan fingerprint density at radius 3 is 0.980 bits per heavy atom. The van der Waals surface area contributed by atoms with Gasteiger partial charge in [0.05, 0.1) is 6.61 Å². The van der Waals surface area contributed by atoms with E-state index in [4.69, 9.17) is 0 Å². The van der Waals surface area contributed by atoms with Gasteiger partial charge in [-0.2, -0.15) is 0 Å². The fraction of sp³-hybridized carbons (Fsp3) is 0.930. The van der Waals surface area contributed by atoms with Crippen LogP contribution in [0.3, 0.4) is 0 Å². The lowest BCUT2D eigenvalue weighted by molar-refractivity contribution is -0.158. The molecule has 0 amide bonds. The van der Waals surface area contributed by atoms with Crippen LogP contribution in [0.5, 0.6) is 0 Å². The summed E-state index contributed by atoms with van der Waals surface area (Å²) in [5, 5.41) is 30.5. The molecule has 0 aromatic rings. The molecule has 0 aliphatic heterocycles. The third kappa shape index (κ3) is 23.1. The molecule has 0 aliphatic rings. The normalized spacial score (nSPS) is 14.1. The van der Waals surface area contributed by atoms with E-state index in [9.17, 15) is 29.7 Å². The molecule has 0 saturated carbocycles. The molecule has 0 aliphatic carbocycles. The van der Waals surface area contributed by atoms with Crippen molar-refractivity contribution in [3.8, 4) is 0 Å². The highest BCUT2D eigenvalue weighted by Gasteiger charge is 2.53. The molecule has 3 unspecified atom stereocenters. The molecule has 3 atom stereocenters. The fourth-order valence-corrected chi connectivity index (χ4v) is 7.21. The van der Waals surface area contributed by atoms with Crippen molar-refractivity contribution in [3.63, 3.8) is 0 Å². The minimum atomic E-state index is -1.96. The van der Waals surface area contributed by atoms with E-state index in [1.807, 2.05) is 0 Å². The summed E-state index contributed by atoms with van der Waals surface area (Å²) in [5.74, 6) is -1.71. The van der Waals surface area contributed by atoms with Crippen LogP contribution in [0.4, 0.5) is 0 Å². The average molecular weight is 695 g/mol. The van der Waals surface area contributed by atoms with Gasteiger partial charge >= 0.3 is 0 Å². The van der Waals surface area contributed by atoms with Gasteiger partial charge in [0.1, 0.15) is 17.6 Å². The van der Waals surface area contributed by atoms with Crippen LogP contribution in [0, 0.1) is 5.41 Å². The Morgan fingerprint density at radius 1 is 0.429 bits per heavy atom. The van der Waals surface area contributed by atoms with Gasteiger partial charge in [-0.3, -0.25) is 14.4 Å². The molecule has 0 spiro atoms. The number of aliphatic hydroxyl groups is 3. The van der Waals surface area contributed by atoms with Crippen molar-refractivity contribution in [2.24, 2.45) is 5.41 Å². The molecule has 49 heavy (non-hydrogen) atoms. The SMILES string of the molecule is CCCCCCCCCCCCCCCC(=O)C(CCCCCCCCCCCCCC)(C(=O)CCCCCCC)C(=O)C(O)C(O)CO. The summed E-state index contributed by atoms with van der Waals surface area (Å²) in [6, 6.07) is 0. The van der Waals surface area contributed by atoms with E-state index in [1.165, 1.54) is 109 Å². The minimum absolute atomic E-state index is 0.0868. The lowest BCUT2D eigenvalue weighted by Crippen LogP contribution is -2.54. The number of rotatable bonds is 39. The molecule has 6 heteroatoms. The first-order chi connectivity index (χ1) is 23.8. The predicted molar refractivity (Wildman–Crippen MR) is 206 cm³/mol. The standard InChI is InChI=1S/C43H82O6/c1-4-7-10-13-15-17-19-21-22-24-26-29-32-35-40(47)43(42(49)41(48)38(45)37-44,39(46)34-31-28-12-9-6-3)36-33-30-27-25-23-20-18-16-14-11-8-5-2/h38,41,44-45,48H,4-37H2,1-3H3. The smallest absolute Gasteiger partial charge is 0.184 e. The largest absolute Gasteiger partial charge is 0.394 e. The zero-order chi connectivity index (χ0) is 36.4. The lowest BCUT2D eigenvalue weighted by Gasteiger charge is -2.33. The number of carbonyl (C=O) groups excluding carboxylic acids is 3. The van der Waals surface area contributed by atoms with Gasteiger partial charge in [-0.15, -0.1) is 0 Å². The zero-order valence-corrected chi connectivity index (χ0v) is 32.8. The van der Waals surface area contributed by atoms with Gasteiger partial charge in [0, 0.05) is 12.8 Å². The highest BCUT2D eigenvalue weighted by atomic mass is 16.4. The highest BCUT2D eigenvalue weighted by Crippen LogP contribution is 2.35.